The molecule has 0 atom stereocenters. The first-order valence-electron chi connectivity index (χ1n) is 3.32. The van der Waals surface area contributed by atoms with Crippen molar-refractivity contribution in [3.63, 3.8) is 0 Å². The summed E-state index contributed by atoms with van der Waals surface area (Å²) in [6.07, 6.45) is 0. The molecule has 0 aliphatic rings. The second-order valence-electron chi connectivity index (χ2n) is 2.17. The highest BCUT2D eigenvalue weighted by Gasteiger charge is 2.17. The van der Waals surface area contributed by atoms with Crippen LogP contribution in [0.4, 0.5) is 0 Å². The van der Waals surface area contributed by atoms with Crippen molar-refractivity contribution in [3.8, 4) is 0 Å². The summed E-state index contributed by atoms with van der Waals surface area (Å²) in [5, 5.41) is 0. The van der Waals surface area contributed by atoms with Crippen LogP contribution >= 0.6 is 0 Å². The number of carbonyl (C=O) groups is 1. The van der Waals surface area contributed by atoms with E-state index in [1.165, 1.54) is 0 Å². The summed E-state index contributed by atoms with van der Waals surface area (Å²) in [5.74, 6) is -0.726. The lowest BCUT2D eigenvalue weighted by Crippen LogP contribution is -2.28. The topological polar surface area (TPSA) is 61.5 Å². The predicted molar refractivity (Wildman–Crippen MR) is 41.6 cm³/mol. The van der Waals surface area contributed by atoms with Crippen molar-refractivity contribution in [3.05, 3.63) is 20.8 Å². The maximum absolute atomic E-state index is 10.7. The zero-order valence-electron chi connectivity index (χ0n) is 6.66. The van der Waals surface area contributed by atoms with Crippen molar-refractivity contribution >= 4 is 5.97 Å². The van der Waals surface area contributed by atoms with Gasteiger partial charge in [0.15, 0.2) is 0 Å². The van der Waals surface area contributed by atoms with Crippen molar-refractivity contribution in [2.45, 2.75) is 5.60 Å². The fourth-order valence-electron chi connectivity index (χ4n) is 0.465. The maximum Gasteiger partial charge on any atom is 0.332 e. The molecule has 0 spiro atoms. The molecular weight excluding hydrogens is 158 g/mol. The van der Waals surface area contributed by atoms with E-state index < -0.39 is 11.6 Å². The van der Waals surface area contributed by atoms with Crippen LogP contribution < -0.4 is 5.73 Å². The summed E-state index contributed by atoms with van der Waals surface area (Å²) in [6.45, 7) is 15.3. The van der Waals surface area contributed by atoms with E-state index in [2.05, 4.69) is 4.74 Å². The molecule has 0 aliphatic carbocycles. The van der Waals surface area contributed by atoms with Crippen molar-refractivity contribution in [2.24, 2.45) is 5.73 Å². The Morgan fingerprint density at radius 1 is 1.42 bits per heavy atom. The van der Waals surface area contributed by atoms with Gasteiger partial charge in [-0.15, -0.1) is 0 Å². The Morgan fingerprint density at radius 3 is 2.42 bits per heavy atom. The van der Waals surface area contributed by atoms with Crippen LogP contribution in [0.5, 0.6) is 0 Å². The zero-order chi connectivity index (χ0) is 9.61. The fourth-order valence-corrected chi connectivity index (χ4v) is 0.465. The number of hydrogen-bond acceptors (Lipinski definition) is 4. The molecule has 0 fully saturated rings. The van der Waals surface area contributed by atoms with Gasteiger partial charge in [0.25, 0.3) is 0 Å². The molecule has 4 nitrogen and oxygen atoms in total. The number of rotatable bonds is 5. The molecule has 0 bridgehead atoms. The third kappa shape index (κ3) is 7.50. The molecule has 0 saturated heterocycles. The minimum Gasteiger partial charge on any atom is -0.456 e. The van der Waals surface area contributed by atoms with E-state index in [1.54, 1.807) is 0 Å². The Balaban J connectivity index is 3.47. The summed E-state index contributed by atoms with van der Waals surface area (Å²) >= 11 is 0. The highest BCUT2D eigenvalue weighted by Crippen LogP contribution is 2.04. The zero-order valence-corrected chi connectivity index (χ0v) is 6.66. The standard InChI is InChI=1S/C8H11NO3/c1-8(2,3)12-7(10)6-11-5-4-9/h1-3H,4-6,9H2. The van der Waals surface area contributed by atoms with Gasteiger partial charge in [-0.2, -0.15) is 0 Å². The second-order valence-corrected chi connectivity index (χ2v) is 2.17. The minimum atomic E-state index is -1.94. The Morgan fingerprint density at radius 2 is 2.00 bits per heavy atom. The first-order chi connectivity index (χ1) is 5.45. The third-order valence-electron chi connectivity index (χ3n) is 0.773. The van der Waals surface area contributed by atoms with Crippen LogP contribution in [0.1, 0.15) is 0 Å². The van der Waals surface area contributed by atoms with E-state index in [4.69, 9.17) is 31.2 Å². The molecule has 0 aromatic carbocycles. The molecule has 66 valence electrons. The molecule has 6 radical (unpaired) electrons. The first-order valence-corrected chi connectivity index (χ1v) is 3.32. The molecule has 0 aromatic heterocycles. The molecule has 0 unspecified atom stereocenters. The van der Waals surface area contributed by atoms with Crippen LogP contribution in [0.3, 0.4) is 0 Å². The number of ether oxygens (including phenoxy) is 2. The molecule has 0 rings (SSSR count). The summed E-state index contributed by atoms with van der Waals surface area (Å²) in [6, 6.07) is 0. The van der Waals surface area contributed by atoms with Gasteiger partial charge in [0.1, 0.15) is 12.2 Å². The van der Waals surface area contributed by atoms with Gasteiger partial charge in [0.2, 0.25) is 0 Å². The molecule has 0 aromatic rings. The van der Waals surface area contributed by atoms with Crippen LogP contribution in [0.25, 0.3) is 0 Å². The van der Waals surface area contributed by atoms with Gasteiger partial charge in [-0.1, -0.05) is 0 Å². The van der Waals surface area contributed by atoms with E-state index in [9.17, 15) is 4.79 Å². The number of hydrogen-bond donors (Lipinski definition) is 1. The Kier molecular flexibility index (Phi) is 4.85. The smallest absolute Gasteiger partial charge is 0.332 e. The second kappa shape index (κ2) is 5.11. The van der Waals surface area contributed by atoms with Crippen molar-refractivity contribution in [2.75, 3.05) is 19.8 Å². The van der Waals surface area contributed by atoms with Gasteiger partial charge < -0.3 is 15.2 Å². The average molecular weight is 169 g/mol. The van der Waals surface area contributed by atoms with Gasteiger partial charge in [-0.25, -0.2) is 4.79 Å². The molecule has 0 heterocycles. The van der Waals surface area contributed by atoms with Gasteiger partial charge in [0.05, 0.1) is 6.61 Å². The average Bonchev–Trinajstić information content (AvgIpc) is 1.84. The molecule has 2 N–H and O–H groups in total. The van der Waals surface area contributed by atoms with Gasteiger partial charge in [-0.3, -0.25) is 0 Å². The van der Waals surface area contributed by atoms with E-state index >= 15 is 0 Å². The lowest BCUT2D eigenvalue weighted by atomic mass is 10.2. The summed E-state index contributed by atoms with van der Waals surface area (Å²) in [5.41, 5.74) is 3.15. The minimum absolute atomic E-state index is 0.259. The van der Waals surface area contributed by atoms with Gasteiger partial charge >= 0.3 is 5.97 Å². The summed E-state index contributed by atoms with van der Waals surface area (Å²) < 4.78 is 9.04. The SMILES string of the molecule is [CH]C([CH])([CH])OC(=O)COCCN. The predicted octanol–water partition coefficient (Wildman–Crippen LogP) is -0.623. The van der Waals surface area contributed by atoms with Crippen LogP contribution in [-0.4, -0.2) is 31.3 Å². The highest BCUT2D eigenvalue weighted by molar-refractivity contribution is 5.71. The lowest BCUT2D eigenvalue weighted by Gasteiger charge is -2.17. The molecule has 12 heavy (non-hydrogen) atoms. The molecule has 0 aliphatic heterocycles. The van der Waals surface area contributed by atoms with E-state index in [0.29, 0.717) is 6.54 Å². The van der Waals surface area contributed by atoms with E-state index in [1.807, 2.05) is 0 Å². The van der Waals surface area contributed by atoms with Crippen LogP contribution in [-0.2, 0) is 14.3 Å². The number of nitrogens with two attached hydrogens (primary N) is 1. The van der Waals surface area contributed by atoms with Crippen LogP contribution in [0, 0.1) is 20.8 Å². The molecule has 0 saturated carbocycles. The first kappa shape index (κ1) is 11.4. The van der Waals surface area contributed by atoms with Crippen molar-refractivity contribution < 1.29 is 14.3 Å². The Bertz CT molecular complexity index is 140. The van der Waals surface area contributed by atoms with Gasteiger partial charge in [0, 0.05) is 27.3 Å². The quantitative estimate of drug-likeness (QED) is 0.440. The van der Waals surface area contributed by atoms with Gasteiger partial charge in [-0.05, 0) is 0 Å². The third-order valence-corrected chi connectivity index (χ3v) is 0.773. The Labute approximate surface area is 73.0 Å². The highest BCUT2D eigenvalue weighted by atomic mass is 16.6. The van der Waals surface area contributed by atoms with Crippen LogP contribution in [0.15, 0.2) is 0 Å². The number of carbonyl (C=O) groups excluding carboxylic acids is 1. The molecule has 4 heteroatoms. The maximum atomic E-state index is 10.7. The summed E-state index contributed by atoms with van der Waals surface area (Å²) in [7, 11) is 0. The van der Waals surface area contributed by atoms with E-state index in [-0.39, 0.29) is 13.2 Å². The normalized spacial score (nSPS) is 11.3. The largest absolute Gasteiger partial charge is 0.456 e. The lowest BCUT2D eigenvalue weighted by molar-refractivity contribution is -0.154. The molecular formula is C8H11NO3. The fraction of sp³-hybridized carbons (Fsp3) is 0.500. The van der Waals surface area contributed by atoms with Crippen molar-refractivity contribution in [1.29, 1.82) is 0 Å². The number of esters is 1. The molecule has 0 amide bonds. The summed E-state index contributed by atoms with van der Waals surface area (Å²) in [4.78, 5) is 10.7. The Hall–Kier alpha value is -0.610. The van der Waals surface area contributed by atoms with Crippen LogP contribution in [0.2, 0.25) is 0 Å². The van der Waals surface area contributed by atoms with E-state index in [0.717, 1.165) is 0 Å². The monoisotopic (exact) mass is 169 g/mol. The van der Waals surface area contributed by atoms with Crippen molar-refractivity contribution in [1.82, 2.24) is 0 Å².